The molecule has 61 valence electrons. The Morgan fingerprint density at radius 2 is 1.45 bits per heavy atom. The molecule has 0 nitrogen and oxygen atoms in total. The van der Waals surface area contributed by atoms with Crippen LogP contribution in [0.4, 0.5) is 0 Å². The number of hydrogen-bond acceptors (Lipinski definition) is 0. The highest BCUT2D eigenvalue weighted by Gasteiger charge is 2.39. The highest BCUT2D eigenvalue weighted by molar-refractivity contribution is 5.04. The molecule has 2 atom stereocenters. The van der Waals surface area contributed by atoms with Gasteiger partial charge in [0.15, 0.2) is 0 Å². The summed E-state index contributed by atoms with van der Waals surface area (Å²) >= 11 is 0. The average molecular weight is 149 g/mol. The van der Waals surface area contributed by atoms with E-state index in [1.807, 2.05) is 5.92 Å². The fourth-order valence-corrected chi connectivity index (χ4v) is 3.78. The van der Waals surface area contributed by atoms with E-state index >= 15 is 0 Å². The van der Waals surface area contributed by atoms with Crippen molar-refractivity contribution in [2.45, 2.75) is 44.9 Å². The Morgan fingerprint density at radius 1 is 0.818 bits per heavy atom. The van der Waals surface area contributed by atoms with Gasteiger partial charge in [0.1, 0.15) is 0 Å². The third-order valence-corrected chi connectivity index (χ3v) is 4.06. The summed E-state index contributed by atoms with van der Waals surface area (Å²) in [5.74, 6) is 5.33. The lowest BCUT2D eigenvalue weighted by Crippen LogP contribution is -2.26. The molecule has 11 heavy (non-hydrogen) atoms. The van der Waals surface area contributed by atoms with Crippen LogP contribution in [0, 0.1) is 23.7 Å². The van der Waals surface area contributed by atoms with Crippen LogP contribution in [0.25, 0.3) is 0 Å². The van der Waals surface area contributed by atoms with Gasteiger partial charge in [-0.3, -0.25) is 0 Å². The summed E-state index contributed by atoms with van der Waals surface area (Å²) in [6.07, 6.45) is 10.8. The van der Waals surface area contributed by atoms with Gasteiger partial charge >= 0.3 is 0 Å². The van der Waals surface area contributed by atoms with E-state index in [9.17, 15) is 0 Å². The predicted octanol–water partition coefficient (Wildman–Crippen LogP) is 3.18. The van der Waals surface area contributed by atoms with Crippen LogP contribution in [0.2, 0.25) is 0 Å². The van der Waals surface area contributed by atoms with E-state index in [2.05, 4.69) is 0 Å². The van der Waals surface area contributed by atoms with Crippen LogP contribution in [0.5, 0.6) is 0 Å². The lowest BCUT2D eigenvalue weighted by molar-refractivity contribution is 0.174. The highest BCUT2D eigenvalue weighted by atomic mass is 14.4. The Balaban J connectivity index is 1.90. The Bertz CT molecular complexity index is 127. The summed E-state index contributed by atoms with van der Waals surface area (Å²) in [5.41, 5.74) is 0. The van der Waals surface area contributed by atoms with Crippen molar-refractivity contribution in [3.63, 3.8) is 0 Å². The monoisotopic (exact) mass is 149 g/mol. The molecule has 4 saturated carbocycles. The van der Waals surface area contributed by atoms with Gasteiger partial charge in [-0.1, -0.05) is 0 Å². The topological polar surface area (TPSA) is 0 Å². The normalized spacial score (nSPS) is 49.6. The van der Waals surface area contributed by atoms with Gasteiger partial charge in [0.2, 0.25) is 0 Å². The minimum Gasteiger partial charge on any atom is -0.0499 e. The first-order valence-electron chi connectivity index (χ1n) is 5.23. The van der Waals surface area contributed by atoms with Crippen molar-refractivity contribution in [2.75, 3.05) is 0 Å². The minimum absolute atomic E-state index is 1.13. The maximum absolute atomic E-state index is 1.94. The number of fused-ring (bicyclic) bond motifs is 1. The molecule has 0 N–H and O–H groups in total. The SMILES string of the molecule is C1CC2CC3C[C]1CC(C2)C3. The quantitative estimate of drug-likeness (QED) is 0.496. The molecule has 2 unspecified atom stereocenters. The molecular formula is C11H17. The van der Waals surface area contributed by atoms with Crippen LogP contribution < -0.4 is 0 Å². The molecule has 4 rings (SSSR count). The fraction of sp³-hybridized carbons (Fsp3) is 0.909. The molecule has 0 heterocycles. The van der Waals surface area contributed by atoms with Gasteiger partial charge in [0, 0.05) is 0 Å². The van der Waals surface area contributed by atoms with Crippen molar-refractivity contribution in [2.24, 2.45) is 17.8 Å². The van der Waals surface area contributed by atoms with Crippen molar-refractivity contribution >= 4 is 0 Å². The molecule has 4 aliphatic rings. The summed E-state index contributed by atoms with van der Waals surface area (Å²) in [6, 6.07) is 0. The van der Waals surface area contributed by atoms with Crippen molar-refractivity contribution in [3.8, 4) is 0 Å². The van der Waals surface area contributed by atoms with E-state index in [0.29, 0.717) is 0 Å². The van der Waals surface area contributed by atoms with Crippen LogP contribution in [0.3, 0.4) is 0 Å². The maximum Gasteiger partial charge on any atom is -0.0235 e. The fourth-order valence-electron chi connectivity index (χ4n) is 3.78. The molecule has 0 aromatic heterocycles. The molecule has 0 amide bonds. The van der Waals surface area contributed by atoms with Crippen LogP contribution in [0.15, 0.2) is 0 Å². The number of rotatable bonds is 0. The third-order valence-electron chi connectivity index (χ3n) is 4.06. The standard InChI is InChI=1S/C11H17/c1-2-9-5-10-3-8(1)4-11(6-9)7-10/h8,10-11H,1-7H2. The van der Waals surface area contributed by atoms with Crippen molar-refractivity contribution in [1.82, 2.24) is 0 Å². The molecule has 4 aliphatic carbocycles. The second-order valence-corrected chi connectivity index (χ2v) is 5.00. The zero-order chi connectivity index (χ0) is 7.26. The zero-order valence-electron chi connectivity index (χ0n) is 7.18. The first-order valence-corrected chi connectivity index (χ1v) is 5.23. The lowest BCUT2D eigenvalue weighted by Gasteiger charge is -2.38. The van der Waals surface area contributed by atoms with Gasteiger partial charge in [-0.25, -0.2) is 0 Å². The Labute approximate surface area is 69.4 Å². The van der Waals surface area contributed by atoms with E-state index in [4.69, 9.17) is 0 Å². The first-order chi connectivity index (χ1) is 5.40. The average Bonchev–Trinajstić information content (AvgIpc) is 2.18. The molecule has 0 aromatic carbocycles. The van der Waals surface area contributed by atoms with E-state index in [-0.39, 0.29) is 0 Å². The Morgan fingerprint density at radius 3 is 2.18 bits per heavy atom. The predicted molar refractivity (Wildman–Crippen MR) is 46.0 cm³/mol. The third kappa shape index (κ3) is 1.02. The molecule has 0 aliphatic heterocycles. The zero-order valence-corrected chi connectivity index (χ0v) is 7.18. The van der Waals surface area contributed by atoms with Crippen LogP contribution in [0.1, 0.15) is 44.9 Å². The van der Waals surface area contributed by atoms with Gasteiger partial charge in [-0.2, -0.15) is 0 Å². The first kappa shape index (κ1) is 6.51. The molecule has 1 radical (unpaired) electrons. The lowest BCUT2D eigenvalue weighted by atomic mass is 9.68. The van der Waals surface area contributed by atoms with Gasteiger partial charge in [-0.05, 0) is 68.6 Å². The molecule has 4 fully saturated rings. The Kier molecular flexibility index (Phi) is 1.33. The highest BCUT2D eigenvalue weighted by Crippen LogP contribution is 2.51. The van der Waals surface area contributed by atoms with Crippen molar-refractivity contribution in [1.29, 1.82) is 0 Å². The maximum atomic E-state index is 1.94. The molecular weight excluding hydrogens is 132 g/mol. The van der Waals surface area contributed by atoms with Crippen molar-refractivity contribution in [3.05, 3.63) is 5.92 Å². The van der Waals surface area contributed by atoms with Gasteiger partial charge in [0.25, 0.3) is 0 Å². The summed E-state index contributed by atoms with van der Waals surface area (Å²) in [6.45, 7) is 0. The molecule has 0 saturated heterocycles. The summed E-state index contributed by atoms with van der Waals surface area (Å²) < 4.78 is 0. The number of hydrogen-bond donors (Lipinski definition) is 0. The minimum atomic E-state index is 1.13. The van der Waals surface area contributed by atoms with Crippen LogP contribution in [-0.4, -0.2) is 0 Å². The van der Waals surface area contributed by atoms with E-state index < -0.39 is 0 Å². The van der Waals surface area contributed by atoms with E-state index in [0.717, 1.165) is 17.8 Å². The molecule has 0 aromatic rings. The summed E-state index contributed by atoms with van der Waals surface area (Å²) in [7, 11) is 0. The van der Waals surface area contributed by atoms with E-state index in [1.54, 1.807) is 25.7 Å². The van der Waals surface area contributed by atoms with E-state index in [1.165, 1.54) is 19.3 Å². The molecule has 0 spiro atoms. The van der Waals surface area contributed by atoms with Gasteiger partial charge < -0.3 is 0 Å². The van der Waals surface area contributed by atoms with Gasteiger partial charge in [0.05, 0.1) is 0 Å². The summed E-state index contributed by atoms with van der Waals surface area (Å²) in [4.78, 5) is 0. The molecule has 0 heteroatoms. The Hall–Kier alpha value is 0. The second kappa shape index (κ2) is 2.24. The van der Waals surface area contributed by atoms with Crippen LogP contribution >= 0.6 is 0 Å². The van der Waals surface area contributed by atoms with Crippen LogP contribution in [-0.2, 0) is 0 Å². The summed E-state index contributed by atoms with van der Waals surface area (Å²) in [5, 5.41) is 0. The molecule has 4 bridgehead atoms. The largest absolute Gasteiger partial charge is 0.0499 e. The smallest absolute Gasteiger partial charge is 0.0235 e. The van der Waals surface area contributed by atoms with Gasteiger partial charge in [-0.15, -0.1) is 0 Å². The second-order valence-electron chi connectivity index (χ2n) is 5.00. The van der Waals surface area contributed by atoms with Crippen molar-refractivity contribution < 1.29 is 0 Å².